The van der Waals surface area contributed by atoms with Gasteiger partial charge in [-0.25, -0.2) is 0 Å². The van der Waals surface area contributed by atoms with Crippen LogP contribution in [0.5, 0.6) is 0 Å². The number of thioether (sulfide) groups is 1. The Balaban J connectivity index is 0.00000200. The fourth-order valence-corrected chi connectivity index (χ4v) is 2.84. The predicted molar refractivity (Wildman–Crippen MR) is 87.3 cm³/mol. The standard InChI is InChI=1S/C15H22N2OS.ClH/c1-11(10-19-13-5-3-2-4-6-13)15(18)17-9-14(16)12-7-8-12;/h2-6,11-12,14H,7-10,16H2,1H3,(H,17,18);1H. The van der Waals surface area contributed by atoms with E-state index in [1.54, 1.807) is 11.8 Å². The molecular formula is C15H23ClN2OS. The third kappa shape index (κ3) is 5.73. The highest BCUT2D eigenvalue weighted by atomic mass is 35.5. The van der Waals surface area contributed by atoms with Crippen LogP contribution in [0.15, 0.2) is 35.2 Å². The zero-order valence-corrected chi connectivity index (χ0v) is 13.4. The monoisotopic (exact) mass is 314 g/mol. The van der Waals surface area contributed by atoms with E-state index in [0.29, 0.717) is 12.5 Å². The van der Waals surface area contributed by atoms with Crippen LogP contribution in [0.1, 0.15) is 19.8 Å². The normalized spacial score (nSPS) is 16.9. The van der Waals surface area contributed by atoms with E-state index in [1.165, 1.54) is 17.7 Å². The Hall–Kier alpha value is -0.710. The third-order valence-corrected chi connectivity index (χ3v) is 4.70. The molecule has 3 nitrogen and oxygen atoms in total. The van der Waals surface area contributed by atoms with Crippen molar-refractivity contribution in [3.63, 3.8) is 0 Å². The molecule has 0 spiro atoms. The summed E-state index contributed by atoms with van der Waals surface area (Å²) in [6.07, 6.45) is 2.44. The van der Waals surface area contributed by atoms with Gasteiger partial charge < -0.3 is 11.1 Å². The summed E-state index contributed by atoms with van der Waals surface area (Å²) < 4.78 is 0. The number of benzene rings is 1. The second kappa shape index (κ2) is 8.55. The van der Waals surface area contributed by atoms with Crippen LogP contribution < -0.4 is 11.1 Å². The molecule has 0 heterocycles. The van der Waals surface area contributed by atoms with Crippen molar-refractivity contribution >= 4 is 30.1 Å². The largest absolute Gasteiger partial charge is 0.354 e. The first-order chi connectivity index (χ1) is 9.16. The summed E-state index contributed by atoms with van der Waals surface area (Å²) in [7, 11) is 0. The maximum Gasteiger partial charge on any atom is 0.223 e. The van der Waals surface area contributed by atoms with E-state index in [1.807, 2.05) is 25.1 Å². The Morgan fingerprint density at radius 3 is 2.65 bits per heavy atom. The van der Waals surface area contributed by atoms with Gasteiger partial charge in [-0.05, 0) is 30.9 Å². The van der Waals surface area contributed by atoms with Crippen molar-refractivity contribution in [2.24, 2.45) is 17.6 Å². The van der Waals surface area contributed by atoms with Gasteiger partial charge in [-0.1, -0.05) is 25.1 Å². The summed E-state index contributed by atoms with van der Waals surface area (Å²) in [5, 5.41) is 2.96. The summed E-state index contributed by atoms with van der Waals surface area (Å²) in [6.45, 7) is 2.58. The van der Waals surface area contributed by atoms with E-state index in [9.17, 15) is 4.79 Å². The summed E-state index contributed by atoms with van der Waals surface area (Å²) >= 11 is 1.72. The zero-order valence-electron chi connectivity index (χ0n) is 11.7. The molecule has 2 atom stereocenters. The molecule has 112 valence electrons. The van der Waals surface area contributed by atoms with Gasteiger partial charge in [0, 0.05) is 29.2 Å². The molecule has 2 rings (SSSR count). The Kier molecular flexibility index (Phi) is 7.41. The lowest BCUT2D eigenvalue weighted by Gasteiger charge is -2.15. The average molecular weight is 315 g/mol. The molecular weight excluding hydrogens is 292 g/mol. The molecule has 1 aliphatic rings. The zero-order chi connectivity index (χ0) is 13.7. The molecule has 1 saturated carbocycles. The summed E-state index contributed by atoms with van der Waals surface area (Å²) in [6, 6.07) is 10.3. The van der Waals surface area contributed by atoms with E-state index < -0.39 is 0 Å². The average Bonchev–Trinajstić information content (AvgIpc) is 3.27. The number of nitrogens with one attached hydrogen (secondary N) is 1. The van der Waals surface area contributed by atoms with Gasteiger partial charge in [-0.2, -0.15) is 0 Å². The molecule has 1 aromatic rings. The molecule has 1 fully saturated rings. The minimum Gasteiger partial charge on any atom is -0.354 e. The quantitative estimate of drug-likeness (QED) is 0.761. The van der Waals surface area contributed by atoms with Crippen LogP contribution in [0.4, 0.5) is 0 Å². The Morgan fingerprint density at radius 2 is 2.05 bits per heavy atom. The maximum atomic E-state index is 11.9. The summed E-state index contributed by atoms with van der Waals surface area (Å²) in [4.78, 5) is 13.1. The lowest BCUT2D eigenvalue weighted by Crippen LogP contribution is -2.41. The first-order valence-corrected chi connectivity index (χ1v) is 7.86. The van der Waals surface area contributed by atoms with Gasteiger partial charge in [0.25, 0.3) is 0 Å². The molecule has 3 N–H and O–H groups in total. The molecule has 20 heavy (non-hydrogen) atoms. The lowest BCUT2D eigenvalue weighted by molar-refractivity contribution is -0.123. The fraction of sp³-hybridized carbons (Fsp3) is 0.533. The fourth-order valence-electron chi connectivity index (χ4n) is 1.90. The highest BCUT2D eigenvalue weighted by Gasteiger charge is 2.28. The molecule has 0 saturated heterocycles. The number of carbonyl (C=O) groups is 1. The van der Waals surface area contributed by atoms with Gasteiger partial charge in [0.2, 0.25) is 5.91 Å². The Bertz CT molecular complexity index is 412. The second-order valence-electron chi connectivity index (χ2n) is 5.27. The minimum atomic E-state index is 0. The molecule has 5 heteroatoms. The number of hydrogen-bond acceptors (Lipinski definition) is 3. The van der Waals surface area contributed by atoms with Crippen LogP contribution in [0.2, 0.25) is 0 Å². The van der Waals surface area contributed by atoms with Crippen molar-refractivity contribution in [1.82, 2.24) is 5.32 Å². The van der Waals surface area contributed by atoms with Crippen molar-refractivity contribution in [1.29, 1.82) is 0 Å². The molecule has 1 aliphatic carbocycles. The number of amides is 1. The van der Waals surface area contributed by atoms with Crippen LogP contribution in [-0.2, 0) is 4.79 Å². The topological polar surface area (TPSA) is 55.1 Å². The molecule has 1 aromatic carbocycles. The van der Waals surface area contributed by atoms with Gasteiger partial charge in [0.1, 0.15) is 0 Å². The van der Waals surface area contributed by atoms with E-state index in [0.717, 1.165) is 5.75 Å². The first kappa shape index (κ1) is 17.3. The van der Waals surface area contributed by atoms with Gasteiger partial charge >= 0.3 is 0 Å². The van der Waals surface area contributed by atoms with Gasteiger partial charge in [-0.3, -0.25) is 4.79 Å². The number of nitrogens with two attached hydrogens (primary N) is 1. The van der Waals surface area contributed by atoms with Crippen molar-refractivity contribution in [2.75, 3.05) is 12.3 Å². The van der Waals surface area contributed by atoms with Crippen LogP contribution in [0.25, 0.3) is 0 Å². The second-order valence-corrected chi connectivity index (χ2v) is 6.36. The molecule has 0 aromatic heterocycles. The van der Waals surface area contributed by atoms with Crippen LogP contribution in [0, 0.1) is 11.8 Å². The predicted octanol–water partition coefficient (Wildman–Crippen LogP) is 2.69. The highest BCUT2D eigenvalue weighted by molar-refractivity contribution is 7.99. The van der Waals surface area contributed by atoms with Crippen molar-refractivity contribution in [3.8, 4) is 0 Å². The molecule has 0 bridgehead atoms. The van der Waals surface area contributed by atoms with Crippen LogP contribution in [-0.4, -0.2) is 24.2 Å². The lowest BCUT2D eigenvalue weighted by atomic mass is 10.1. The molecule has 0 aliphatic heterocycles. The van der Waals surface area contributed by atoms with E-state index in [2.05, 4.69) is 17.4 Å². The number of rotatable bonds is 7. The van der Waals surface area contributed by atoms with E-state index in [4.69, 9.17) is 5.73 Å². The number of hydrogen-bond donors (Lipinski definition) is 2. The highest BCUT2D eigenvalue weighted by Crippen LogP contribution is 2.31. The van der Waals surface area contributed by atoms with Gasteiger partial charge in [-0.15, -0.1) is 24.2 Å². The number of carbonyl (C=O) groups excluding carboxylic acids is 1. The Morgan fingerprint density at radius 1 is 1.40 bits per heavy atom. The van der Waals surface area contributed by atoms with Crippen LogP contribution in [0.3, 0.4) is 0 Å². The van der Waals surface area contributed by atoms with Crippen LogP contribution >= 0.6 is 24.2 Å². The molecule has 2 unspecified atom stereocenters. The number of halogens is 1. The first-order valence-electron chi connectivity index (χ1n) is 6.88. The van der Waals surface area contributed by atoms with Crippen molar-refractivity contribution in [3.05, 3.63) is 30.3 Å². The SMILES string of the molecule is CC(CSc1ccccc1)C(=O)NCC(N)C1CC1.Cl. The summed E-state index contributed by atoms with van der Waals surface area (Å²) in [5.74, 6) is 1.56. The Labute approximate surface area is 131 Å². The van der Waals surface area contributed by atoms with E-state index in [-0.39, 0.29) is 30.3 Å². The minimum absolute atomic E-state index is 0. The smallest absolute Gasteiger partial charge is 0.223 e. The van der Waals surface area contributed by atoms with Crippen molar-refractivity contribution in [2.45, 2.75) is 30.7 Å². The van der Waals surface area contributed by atoms with E-state index >= 15 is 0 Å². The molecule has 1 amide bonds. The van der Waals surface area contributed by atoms with Gasteiger partial charge in [0.15, 0.2) is 0 Å². The van der Waals surface area contributed by atoms with Gasteiger partial charge in [0.05, 0.1) is 0 Å². The molecule has 0 radical (unpaired) electrons. The maximum absolute atomic E-state index is 11.9. The van der Waals surface area contributed by atoms with Crippen molar-refractivity contribution < 1.29 is 4.79 Å². The third-order valence-electron chi connectivity index (χ3n) is 3.43. The summed E-state index contributed by atoms with van der Waals surface area (Å²) in [5.41, 5.74) is 5.97.